The van der Waals surface area contributed by atoms with Crippen molar-refractivity contribution in [1.29, 1.82) is 0 Å². The summed E-state index contributed by atoms with van der Waals surface area (Å²) in [5.74, 6) is 1.02. The lowest BCUT2D eigenvalue weighted by Crippen LogP contribution is -2.06. The molecular formula is C26H30Cl2N2O6. The summed E-state index contributed by atoms with van der Waals surface area (Å²) in [6.45, 7) is 1.66. The van der Waals surface area contributed by atoms with E-state index < -0.39 is 5.97 Å². The molecule has 1 heterocycles. The monoisotopic (exact) mass is 536 g/mol. The van der Waals surface area contributed by atoms with E-state index in [1.807, 2.05) is 24.3 Å². The van der Waals surface area contributed by atoms with Crippen LogP contribution in [-0.2, 0) is 36.0 Å². The van der Waals surface area contributed by atoms with E-state index >= 15 is 0 Å². The number of carboxylic acid groups (broad SMARTS) is 1. The van der Waals surface area contributed by atoms with Crippen LogP contribution >= 0.6 is 23.2 Å². The van der Waals surface area contributed by atoms with Crippen LogP contribution in [0.3, 0.4) is 0 Å². The van der Waals surface area contributed by atoms with E-state index in [2.05, 4.69) is 5.10 Å². The van der Waals surface area contributed by atoms with E-state index in [0.717, 1.165) is 23.2 Å². The molecule has 0 bridgehead atoms. The van der Waals surface area contributed by atoms with Crippen molar-refractivity contribution in [2.45, 2.75) is 32.3 Å². The lowest BCUT2D eigenvalue weighted by Gasteiger charge is -2.15. The van der Waals surface area contributed by atoms with Crippen LogP contribution in [0.5, 0.6) is 17.4 Å². The molecule has 0 aliphatic rings. The molecule has 0 saturated heterocycles. The number of aryl methyl sites for hydroxylation is 3. The summed E-state index contributed by atoms with van der Waals surface area (Å²) in [5, 5.41) is 14.3. The highest BCUT2D eigenvalue weighted by Gasteiger charge is 2.11. The third-order valence-electron chi connectivity index (χ3n) is 5.38. The van der Waals surface area contributed by atoms with Crippen molar-refractivity contribution in [1.82, 2.24) is 9.78 Å². The van der Waals surface area contributed by atoms with Crippen LogP contribution in [-0.4, -0.2) is 47.8 Å². The maximum Gasteiger partial charge on any atom is 0.303 e. The first-order valence-corrected chi connectivity index (χ1v) is 12.3. The number of hydrogen-bond acceptors (Lipinski definition) is 6. The van der Waals surface area contributed by atoms with Gasteiger partial charge < -0.3 is 24.1 Å². The zero-order valence-electron chi connectivity index (χ0n) is 20.3. The van der Waals surface area contributed by atoms with E-state index in [4.69, 9.17) is 47.3 Å². The molecule has 1 N–H and O–H groups in total. The van der Waals surface area contributed by atoms with Gasteiger partial charge in [-0.25, -0.2) is 0 Å². The van der Waals surface area contributed by atoms with Gasteiger partial charge in [-0.15, -0.1) is 5.10 Å². The average molecular weight is 537 g/mol. The van der Waals surface area contributed by atoms with Gasteiger partial charge >= 0.3 is 5.97 Å². The molecule has 0 aliphatic heterocycles. The van der Waals surface area contributed by atoms with Crippen molar-refractivity contribution >= 4 is 29.2 Å². The van der Waals surface area contributed by atoms with Crippen molar-refractivity contribution in [2.75, 3.05) is 26.9 Å². The fourth-order valence-corrected chi connectivity index (χ4v) is 3.92. The molecule has 3 rings (SSSR count). The molecule has 2 aromatic carbocycles. The van der Waals surface area contributed by atoms with Gasteiger partial charge in [-0.05, 0) is 43.0 Å². The Balaban J connectivity index is 1.60. The van der Waals surface area contributed by atoms with E-state index in [1.54, 1.807) is 37.0 Å². The Kier molecular flexibility index (Phi) is 10.7. The lowest BCUT2D eigenvalue weighted by atomic mass is 10.1. The fourth-order valence-electron chi connectivity index (χ4n) is 3.46. The van der Waals surface area contributed by atoms with Crippen molar-refractivity contribution in [3.8, 4) is 17.4 Å². The van der Waals surface area contributed by atoms with Crippen LogP contribution in [0.2, 0.25) is 10.0 Å². The molecule has 194 valence electrons. The summed E-state index contributed by atoms with van der Waals surface area (Å²) in [6, 6.07) is 12.8. The third-order valence-corrected chi connectivity index (χ3v) is 5.97. The van der Waals surface area contributed by atoms with Crippen molar-refractivity contribution < 1.29 is 28.8 Å². The molecule has 10 heteroatoms. The molecule has 0 aliphatic carbocycles. The Morgan fingerprint density at radius 3 is 2.53 bits per heavy atom. The molecule has 8 nitrogen and oxygen atoms in total. The van der Waals surface area contributed by atoms with Gasteiger partial charge in [0.15, 0.2) is 0 Å². The summed E-state index contributed by atoms with van der Waals surface area (Å²) >= 11 is 12.3. The molecule has 0 saturated carbocycles. The predicted octanol–water partition coefficient (Wildman–Crippen LogP) is 5.36. The van der Waals surface area contributed by atoms with Crippen molar-refractivity contribution in [3.63, 3.8) is 0 Å². The first-order chi connectivity index (χ1) is 17.4. The number of aromatic nitrogens is 2. The van der Waals surface area contributed by atoms with Gasteiger partial charge in [0.25, 0.3) is 0 Å². The molecule has 0 amide bonds. The number of halogens is 2. The molecule has 0 unspecified atom stereocenters. The number of carbonyl (C=O) groups is 1. The standard InChI is InChI=1S/C26H30Cl2N2O6/c1-30-21(8-10-26(31)32)15-25(29-30)35-11-3-4-18-6-9-22(34-13-12-33-2)16-24(18)36-17-19-5-7-20(27)14-23(19)28/h5-7,9,14-16H,3-4,8,10-13,17H2,1-2H3,(H,31,32). The van der Waals surface area contributed by atoms with E-state index in [1.165, 1.54) is 0 Å². The molecule has 0 atom stereocenters. The van der Waals surface area contributed by atoms with Crippen LogP contribution in [0.15, 0.2) is 42.5 Å². The van der Waals surface area contributed by atoms with E-state index in [9.17, 15) is 4.79 Å². The zero-order chi connectivity index (χ0) is 25.9. The number of aliphatic carboxylic acids is 1. The van der Waals surface area contributed by atoms with Crippen LogP contribution in [0.25, 0.3) is 0 Å². The van der Waals surface area contributed by atoms with Gasteiger partial charge in [0.1, 0.15) is 24.7 Å². The Labute approximate surface area is 220 Å². The molecule has 36 heavy (non-hydrogen) atoms. The van der Waals surface area contributed by atoms with Gasteiger partial charge in [0.2, 0.25) is 5.88 Å². The minimum absolute atomic E-state index is 0.0498. The molecule has 0 fully saturated rings. The maximum atomic E-state index is 10.8. The number of ether oxygens (including phenoxy) is 4. The number of carboxylic acids is 1. The normalized spacial score (nSPS) is 10.9. The Bertz CT molecular complexity index is 1150. The first kappa shape index (κ1) is 27.6. The predicted molar refractivity (Wildman–Crippen MR) is 138 cm³/mol. The minimum Gasteiger partial charge on any atom is -0.491 e. The molecule has 1 aromatic heterocycles. The summed E-state index contributed by atoms with van der Waals surface area (Å²) in [7, 11) is 3.40. The quantitative estimate of drug-likeness (QED) is 0.261. The first-order valence-electron chi connectivity index (χ1n) is 11.5. The summed E-state index contributed by atoms with van der Waals surface area (Å²) in [5.41, 5.74) is 2.65. The smallest absolute Gasteiger partial charge is 0.303 e. The Morgan fingerprint density at radius 2 is 1.78 bits per heavy atom. The third kappa shape index (κ3) is 8.62. The highest BCUT2D eigenvalue weighted by molar-refractivity contribution is 6.35. The van der Waals surface area contributed by atoms with Crippen LogP contribution in [0, 0.1) is 0 Å². The largest absolute Gasteiger partial charge is 0.491 e. The second kappa shape index (κ2) is 14.0. The van der Waals surface area contributed by atoms with E-state index in [0.29, 0.717) is 60.1 Å². The fraction of sp³-hybridized carbons (Fsp3) is 0.385. The summed E-state index contributed by atoms with van der Waals surface area (Å²) in [4.78, 5) is 10.8. The second-order valence-electron chi connectivity index (χ2n) is 8.08. The Morgan fingerprint density at radius 1 is 0.972 bits per heavy atom. The molecular weight excluding hydrogens is 507 g/mol. The van der Waals surface area contributed by atoms with E-state index in [-0.39, 0.29) is 13.0 Å². The molecule has 0 radical (unpaired) electrons. The molecule has 3 aromatic rings. The van der Waals surface area contributed by atoms with Crippen LogP contribution in [0.4, 0.5) is 0 Å². The lowest BCUT2D eigenvalue weighted by molar-refractivity contribution is -0.136. The SMILES string of the molecule is COCCOc1ccc(CCCOc2cc(CCC(=O)O)n(C)n2)c(OCc2ccc(Cl)cc2Cl)c1. The number of rotatable bonds is 15. The average Bonchev–Trinajstić information content (AvgIpc) is 3.20. The second-order valence-corrected chi connectivity index (χ2v) is 8.92. The summed E-state index contributed by atoms with van der Waals surface area (Å²) < 4.78 is 24.4. The number of nitrogens with zero attached hydrogens (tertiary/aromatic N) is 2. The number of benzene rings is 2. The molecule has 0 spiro atoms. The van der Waals surface area contributed by atoms with Crippen molar-refractivity contribution in [2.24, 2.45) is 7.05 Å². The summed E-state index contributed by atoms with van der Waals surface area (Å²) in [6.07, 6.45) is 1.89. The zero-order valence-corrected chi connectivity index (χ0v) is 21.8. The Hall–Kier alpha value is -2.94. The van der Waals surface area contributed by atoms with Gasteiger partial charge in [-0.2, -0.15) is 0 Å². The number of hydrogen-bond donors (Lipinski definition) is 1. The minimum atomic E-state index is -0.842. The highest BCUT2D eigenvalue weighted by atomic mass is 35.5. The van der Waals surface area contributed by atoms with Gasteiger partial charge in [0.05, 0.1) is 19.6 Å². The van der Waals surface area contributed by atoms with Crippen molar-refractivity contribution in [3.05, 3.63) is 69.3 Å². The van der Waals surface area contributed by atoms with Crippen LogP contribution in [0.1, 0.15) is 29.7 Å². The van der Waals surface area contributed by atoms with Gasteiger partial charge in [-0.1, -0.05) is 35.3 Å². The van der Waals surface area contributed by atoms with Crippen LogP contribution < -0.4 is 14.2 Å². The topological polar surface area (TPSA) is 92.0 Å². The van der Waals surface area contributed by atoms with Gasteiger partial charge in [0, 0.05) is 47.6 Å². The highest BCUT2D eigenvalue weighted by Crippen LogP contribution is 2.29. The maximum absolute atomic E-state index is 10.8. The number of methoxy groups -OCH3 is 1. The van der Waals surface area contributed by atoms with Gasteiger partial charge in [-0.3, -0.25) is 9.48 Å².